The normalized spacial score (nSPS) is 24.4. The lowest BCUT2D eigenvalue weighted by atomic mass is 9.78. The number of allylic oxidation sites excluding steroid dienone is 2. The molecule has 0 bridgehead atoms. The summed E-state index contributed by atoms with van der Waals surface area (Å²) in [6.45, 7) is 0.830. The molecule has 1 unspecified atom stereocenters. The van der Waals surface area contributed by atoms with E-state index in [9.17, 15) is 0 Å². The SMILES string of the molecule is COC1=C(OC)CC2=CN(C)CC3(Cc4ccccc4O3)C2=C1.Cl. The van der Waals surface area contributed by atoms with Gasteiger partial charge in [-0.15, -0.1) is 12.4 Å². The van der Waals surface area contributed by atoms with Crippen molar-refractivity contribution in [3.63, 3.8) is 0 Å². The van der Waals surface area contributed by atoms with E-state index in [1.54, 1.807) is 14.2 Å². The van der Waals surface area contributed by atoms with Gasteiger partial charge in [0.05, 0.1) is 20.8 Å². The van der Waals surface area contributed by atoms with Crippen molar-refractivity contribution in [1.29, 1.82) is 0 Å². The van der Waals surface area contributed by atoms with Crippen molar-refractivity contribution in [2.75, 3.05) is 27.8 Å². The number of hydrogen-bond acceptors (Lipinski definition) is 4. The predicted molar refractivity (Wildman–Crippen MR) is 95.2 cm³/mol. The minimum Gasteiger partial charge on any atom is -0.497 e. The summed E-state index contributed by atoms with van der Waals surface area (Å²) in [6.07, 6.45) is 5.90. The molecular formula is C19H22ClNO3. The van der Waals surface area contributed by atoms with Gasteiger partial charge in [-0.3, -0.25) is 0 Å². The van der Waals surface area contributed by atoms with Crippen molar-refractivity contribution in [1.82, 2.24) is 4.90 Å². The molecule has 1 aliphatic carbocycles. The van der Waals surface area contributed by atoms with Crippen LogP contribution in [0.3, 0.4) is 0 Å². The maximum Gasteiger partial charge on any atom is 0.157 e. The summed E-state index contributed by atoms with van der Waals surface area (Å²) < 4.78 is 17.5. The van der Waals surface area contributed by atoms with Crippen LogP contribution in [-0.4, -0.2) is 38.3 Å². The number of fused-ring (bicyclic) bond motifs is 3. The molecule has 0 fully saturated rings. The van der Waals surface area contributed by atoms with E-state index in [0.29, 0.717) is 0 Å². The molecule has 1 spiro atoms. The molecule has 2 aliphatic heterocycles. The fraction of sp³-hybridized carbons (Fsp3) is 0.368. The van der Waals surface area contributed by atoms with Crippen LogP contribution in [0, 0.1) is 0 Å². The van der Waals surface area contributed by atoms with E-state index in [1.807, 2.05) is 6.07 Å². The van der Waals surface area contributed by atoms with E-state index in [-0.39, 0.29) is 18.0 Å². The largest absolute Gasteiger partial charge is 0.497 e. The fourth-order valence-corrected chi connectivity index (χ4v) is 3.89. The third kappa shape index (κ3) is 2.46. The molecule has 0 N–H and O–H groups in total. The van der Waals surface area contributed by atoms with Crippen molar-refractivity contribution < 1.29 is 14.2 Å². The van der Waals surface area contributed by atoms with Crippen LogP contribution in [0.4, 0.5) is 0 Å². The highest BCUT2D eigenvalue weighted by molar-refractivity contribution is 5.85. The zero-order chi connectivity index (χ0) is 16.0. The molecule has 0 amide bonds. The number of likely N-dealkylation sites (N-methyl/N-ethyl adjacent to an activating group) is 1. The zero-order valence-electron chi connectivity index (χ0n) is 14.2. The summed E-state index contributed by atoms with van der Waals surface area (Å²) in [5, 5.41) is 0. The first-order valence-corrected chi connectivity index (χ1v) is 7.87. The standard InChI is InChI=1S/C19H21NO3.ClH/c1-20-11-14-8-17(21-2)18(22-3)9-15(14)19(12-20)10-13-6-4-5-7-16(13)23-19;/h4-7,9,11H,8,10,12H2,1-3H3;1H. The summed E-state index contributed by atoms with van der Waals surface area (Å²) in [7, 11) is 5.48. The molecule has 0 aromatic heterocycles. The lowest BCUT2D eigenvalue weighted by molar-refractivity contribution is 0.0960. The molecule has 24 heavy (non-hydrogen) atoms. The van der Waals surface area contributed by atoms with Crippen molar-refractivity contribution in [2.24, 2.45) is 0 Å². The van der Waals surface area contributed by atoms with Gasteiger partial charge < -0.3 is 19.1 Å². The van der Waals surface area contributed by atoms with Crippen molar-refractivity contribution in [3.8, 4) is 5.75 Å². The fourth-order valence-electron chi connectivity index (χ4n) is 3.89. The van der Waals surface area contributed by atoms with Gasteiger partial charge >= 0.3 is 0 Å². The molecule has 0 saturated heterocycles. The summed E-state index contributed by atoms with van der Waals surface area (Å²) in [5.74, 6) is 2.65. The minimum absolute atomic E-state index is 0. The Balaban J connectivity index is 0.00000169. The van der Waals surface area contributed by atoms with E-state index in [0.717, 1.165) is 36.7 Å². The van der Waals surface area contributed by atoms with Gasteiger partial charge in [0.25, 0.3) is 0 Å². The third-order valence-corrected chi connectivity index (χ3v) is 4.84. The van der Waals surface area contributed by atoms with Crippen LogP contribution in [0.1, 0.15) is 12.0 Å². The Labute approximate surface area is 148 Å². The molecule has 2 heterocycles. The van der Waals surface area contributed by atoms with Crippen molar-refractivity contribution in [3.05, 3.63) is 64.8 Å². The van der Waals surface area contributed by atoms with Gasteiger partial charge in [-0.05, 0) is 23.3 Å². The van der Waals surface area contributed by atoms with Gasteiger partial charge in [-0.1, -0.05) is 18.2 Å². The first-order chi connectivity index (χ1) is 11.1. The number of ether oxygens (including phenoxy) is 3. The third-order valence-electron chi connectivity index (χ3n) is 4.84. The lowest BCUT2D eigenvalue weighted by Crippen LogP contribution is -2.49. The van der Waals surface area contributed by atoms with E-state index in [2.05, 4.69) is 42.4 Å². The molecule has 1 atom stereocenters. The van der Waals surface area contributed by atoms with Crippen LogP contribution in [-0.2, 0) is 15.9 Å². The molecular weight excluding hydrogens is 326 g/mol. The number of hydrogen-bond donors (Lipinski definition) is 0. The topological polar surface area (TPSA) is 30.9 Å². The summed E-state index contributed by atoms with van der Waals surface area (Å²) in [6, 6.07) is 8.31. The number of methoxy groups -OCH3 is 2. The van der Waals surface area contributed by atoms with Gasteiger partial charge in [0.2, 0.25) is 0 Å². The van der Waals surface area contributed by atoms with Crippen LogP contribution in [0.15, 0.2) is 59.2 Å². The quantitative estimate of drug-likeness (QED) is 0.820. The second-order valence-corrected chi connectivity index (χ2v) is 6.38. The Morgan fingerprint density at radius 1 is 1.17 bits per heavy atom. The first-order valence-electron chi connectivity index (χ1n) is 7.87. The molecule has 3 aliphatic rings. The van der Waals surface area contributed by atoms with E-state index in [4.69, 9.17) is 14.2 Å². The monoisotopic (exact) mass is 347 g/mol. The maximum absolute atomic E-state index is 6.47. The molecule has 4 nitrogen and oxygen atoms in total. The van der Waals surface area contributed by atoms with E-state index < -0.39 is 0 Å². The van der Waals surface area contributed by atoms with Gasteiger partial charge in [-0.2, -0.15) is 0 Å². The van der Waals surface area contributed by atoms with Gasteiger partial charge in [0, 0.05) is 31.7 Å². The second kappa shape index (κ2) is 6.10. The van der Waals surface area contributed by atoms with E-state index >= 15 is 0 Å². The smallest absolute Gasteiger partial charge is 0.157 e. The van der Waals surface area contributed by atoms with Gasteiger partial charge in [0.15, 0.2) is 11.4 Å². The minimum atomic E-state index is -0.342. The maximum atomic E-state index is 6.47. The Morgan fingerprint density at radius 3 is 2.67 bits per heavy atom. The molecule has 128 valence electrons. The first kappa shape index (κ1) is 16.8. The van der Waals surface area contributed by atoms with Crippen molar-refractivity contribution in [2.45, 2.75) is 18.4 Å². The summed E-state index contributed by atoms with van der Waals surface area (Å²) in [5.41, 5.74) is 3.38. The molecule has 0 radical (unpaired) electrons. The average molecular weight is 348 g/mol. The summed E-state index contributed by atoms with van der Waals surface area (Å²) in [4.78, 5) is 2.21. The number of benzene rings is 1. The van der Waals surface area contributed by atoms with Crippen molar-refractivity contribution >= 4 is 12.4 Å². The predicted octanol–water partition coefficient (Wildman–Crippen LogP) is 3.45. The summed E-state index contributed by atoms with van der Waals surface area (Å²) >= 11 is 0. The Bertz CT molecular complexity index is 726. The lowest BCUT2D eigenvalue weighted by Gasteiger charge is -2.41. The Morgan fingerprint density at radius 2 is 1.96 bits per heavy atom. The Hall–Kier alpha value is -2.07. The number of rotatable bonds is 2. The van der Waals surface area contributed by atoms with Crippen LogP contribution in [0.2, 0.25) is 0 Å². The molecule has 5 heteroatoms. The highest BCUT2D eigenvalue weighted by Gasteiger charge is 2.47. The molecule has 1 aromatic carbocycles. The van der Waals surface area contributed by atoms with E-state index in [1.165, 1.54) is 16.7 Å². The molecule has 1 aromatic rings. The highest BCUT2D eigenvalue weighted by Crippen LogP contribution is 2.47. The molecule has 4 rings (SSSR count). The number of para-hydroxylation sites is 1. The van der Waals surface area contributed by atoms with Crippen LogP contribution in [0.5, 0.6) is 5.75 Å². The number of nitrogens with zero attached hydrogens (tertiary/aromatic N) is 1. The highest BCUT2D eigenvalue weighted by atomic mass is 35.5. The zero-order valence-corrected chi connectivity index (χ0v) is 15.0. The van der Waals surface area contributed by atoms with Gasteiger partial charge in [-0.25, -0.2) is 0 Å². The van der Waals surface area contributed by atoms with Gasteiger partial charge in [0.1, 0.15) is 11.5 Å². The Kier molecular flexibility index (Phi) is 4.26. The second-order valence-electron chi connectivity index (χ2n) is 6.38. The molecule has 0 saturated carbocycles. The van der Waals surface area contributed by atoms with Crippen LogP contribution < -0.4 is 4.74 Å². The average Bonchev–Trinajstić information content (AvgIpc) is 2.91. The van der Waals surface area contributed by atoms with Crippen LogP contribution >= 0.6 is 12.4 Å². The van der Waals surface area contributed by atoms with Crippen LogP contribution in [0.25, 0.3) is 0 Å². The number of halogens is 1.